The minimum absolute atomic E-state index is 0.247. The Labute approximate surface area is 190 Å². The molecular formula is C22H28N8OS. The van der Waals surface area contributed by atoms with Crippen LogP contribution in [0.15, 0.2) is 18.6 Å². The van der Waals surface area contributed by atoms with Crippen LogP contribution in [0.3, 0.4) is 0 Å². The van der Waals surface area contributed by atoms with Crippen LogP contribution in [0.2, 0.25) is 0 Å². The Morgan fingerprint density at radius 2 is 2.06 bits per heavy atom. The number of nitrogens with zero attached hydrogens (tertiary/aromatic N) is 6. The predicted octanol–water partition coefficient (Wildman–Crippen LogP) is 3.61. The Kier molecular flexibility index (Phi) is 5.34. The third kappa shape index (κ3) is 3.53. The SMILES string of the molecule is COc1cc(-c2[nH]nc(-c3nc(C)c(N4CCC(N)CC4)s3)c2C(C)C)cn2ncnc12. The van der Waals surface area contributed by atoms with Gasteiger partial charge in [-0.05, 0) is 31.7 Å². The number of pyridine rings is 1. The first-order valence-electron chi connectivity index (χ1n) is 10.9. The highest BCUT2D eigenvalue weighted by atomic mass is 32.1. The highest BCUT2D eigenvalue weighted by Crippen LogP contribution is 2.41. The van der Waals surface area contributed by atoms with Gasteiger partial charge in [-0.3, -0.25) is 5.10 Å². The summed E-state index contributed by atoms with van der Waals surface area (Å²) >= 11 is 1.71. The lowest BCUT2D eigenvalue weighted by molar-refractivity contribution is 0.416. The molecule has 10 heteroatoms. The Morgan fingerprint density at radius 3 is 2.78 bits per heavy atom. The van der Waals surface area contributed by atoms with Gasteiger partial charge in [-0.25, -0.2) is 14.5 Å². The first-order valence-corrected chi connectivity index (χ1v) is 11.7. The average molecular weight is 453 g/mol. The van der Waals surface area contributed by atoms with E-state index in [2.05, 4.69) is 40.9 Å². The lowest BCUT2D eigenvalue weighted by Crippen LogP contribution is -2.39. The lowest BCUT2D eigenvalue weighted by Gasteiger charge is -2.30. The van der Waals surface area contributed by atoms with Gasteiger partial charge in [0.2, 0.25) is 0 Å². The van der Waals surface area contributed by atoms with Gasteiger partial charge in [-0.2, -0.15) is 10.2 Å². The second-order valence-electron chi connectivity index (χ2n) is 8.58. The number of aromatic amines is 1. The molecule has 0 atom stereocenters. The molecule has 0 bridgehead atoms. The molecule has 9 nitrogen and oxygen atoms in total. The highest BCUT2D eigenvalue weighted by Gasteiger charge is 2.26. The molecule has 0 spiro atoms. The maximum Gasteiger partial charge on any atom is 0.197 e. The summed E-state index contributed by atoms with van der Waals surface area (Å²) in [6.07, 6.45) is 5.51. The minimum atomic E-state index is 0.247. The van der Waals surface area contributed by atoms with E-state index in [4.69, 9.17) is 20.6 Å². The Bertz CT molecular complexity index is 1250. The van der Waals surface area contributed by atoms with Crippen molar-refractivity contribution in [1.29, 1.82) is 0 Å². The molecule has 1 saturated heterocycles. The van der Waals surface area contributed by atoms with Gasteiger partial charge in [0.15, 0.2) is 11.4 Å². The van der Waals surface area contributed by atoms with E-state index in [1.54, 1.807) is 23.0 Å². The van der Waals surface area contributed by atoms with Crippen LogP contribution in [0.1, 0.15) is 43.9 Å². The summed E-state index contributed by atoms with van der Waals surface area (Å²) in [6.45, 7) is 8.39. The third-order valence-electron chi connectivity index (χ3n) is 6.03. The predicted molar refractivity (Wildman–Crippen MR) is 126 cm³/mol. The molecule has 0 saturated carbocycles. The van der Waals surface area contributed by atoms with Crippen molar-refractivity contribution in [2.75, 3.05) is 25.1 Å². The summed E-state index contributed by atoms with van der Waals surface area (Å²) in [5, 5.41) is 14.4. The van der Waals surface area contributed by atoms with Gasteiger partial charge in [0.05, 0.1) is 18.5 Å². The van der Waals surface area contributed by atoms with Crippen molar-refractivity contribution in [2.45, 2.75) is 45.6 Å². The Hall–Kier alpha value is -2.98. The van der Waals surface area contributed by atoms with Crippen molar-refractivity contribution in [3.63, 3.8) is 0 Å². The molecule has 1 aliphatic heterocycles. The van der Waals surface area contributed by atoms with Crippen molar-refractivity contribution in [3.8, 4) is 27.7 Å². The van der Waals surface area contributed by atoms with Crippen LogP contribution < -0.4 is 15.4 Å². The summed E-state index contributed by atoms with van der Waals surface area (Å²) < 4.78 is 7.28. The number of anilines is 1. The third-order valence-corrected chi connectivity index (χ3v) is 7.26. The second kappa shape index (κ2) is 8.18. The minimum Gasteiger partial charge on any atom is -0.493 e. The normalized spacial score (nSPS) is 15.2. The summed E-state index contributed by atoms with van der Waals surface area (Å²) in [4.78, 5) is 11.6. The molecule has 0 amide bonds. The van der Waals surface area contributed by atoms with E-state index >= 15 is 0 Å². The van der Waals surface area contributed by atoms with E-state index in [9.17, 15) is 0 Å². The summed E-state index contributed by atoms with van der Waals surface area (Å²) in [5.41, 5.74) is 11.8. The number of H-pyrrole nitrogens is 1. The van der Waals surface area contributed by atoms with E-state index in [0.29, 0.717) is 17.4 Å². The number of aromatic nitrogens is 6. The summed E-state index contributed by atoms with van der Waals surface area (Å²) in [6, 6.07) is 2.28. The van der Waals surface area contributed by atoms with Gasteiger partial charge in [0, 0.05) is 36.5 Å². The number of nitrogens with one attached hydrogen (secondary N) is 1. The van der Waals surface area contributed by atoms with Crippen LogP contribution in [-0.2, 0) is 0 Å². The van der Waals surface area contributed by atoms with E-state index in [1.165, 1.54) is 11.3 Å². The van der Waals surface area contributed by atoms with E-state index < -0.39 is 0 Å². The summed E-state index contributed by atoms with van der Waals surface area (Å²) in [7, 11) is 1.64. The fraction of sp³-hybridized carbons (Fsp3) is 0.455. The summed E-state index contributed by atoms with van der Waals surface area (Å²) in [5.74, 6) is 0.915. The number of aryl methyl sites for hydroxylation is 1. The Morgan fingerprint density at radius 1 is 1.28 bits per heavy atom. The van der Waals surface area contributed by atoms with Crippen LogP contribution in [0.4, 0.5) is 5.00 Å². The van der Waals surface area contributed by atoms with Crippen LogP contribution >= 0.6 is 11.3 Å². The van der Waals surface area contributed by atoms with Gasteiger partial charge < -0.3 is 15.4 Å². The van der Waals surface area contributed by atoms with Gasteiger partial charge in [-0.15, -0.1) is 0 Å². The molecule has 0 aromatic carbocycles. The fourth-order valence-electron chi connectivity index (χ4n) is 4.36. The van der Waals surface area contributed by atoms with E-state index in [-0.39, 0.29) is 5.92 Å². The van der Waals surface area contributed by atoms with Crippen LogP contribution in [-0.4, -0.2) is 56.0 Å². The first kappa shape index (κ1) is 20.9. The second-order valence-corrected chi connectivity index (χ2v) is 9.55. The number of hydrogen-bond acceptors (Lipinski definition) is 8. The molecule has 3 N–H and O–H groups in total. The van der Waals surface area contributed by atoms with Crippen molar-refractivity contribution in [3.05, 3.63) is 29.8 Å². The first-order chi connectivity index (χ1) is 15.5. The van der Waals surface area contributed by atoms with Crippen LogP contribution in [0.5, 0.6) is 5.75 Å². The molecule has 1 fully saturated rings. The molecular weight excluding hydrogens is 424 g/mol. The molecule has 168 valence electrons. The van der Waals surface area contributed by atoms with Crippen molar-refractivity contribution in [1.82, 2.24) is 29.8 Å². The number of ether oxygens (including phenoxy) is 1. The van der Waals surface area contributed by atoms with E-state index in [1.807, 2.05) is 12.3 Å². The zero-order valence-electron chi connectivity index (χ0n) is 18.8. The van der Waals surface area contributed by atoms with Crippen LogP contribution in [0, 0.1) is 6.92 Å². The highest BCUT2D eigenvalue weighted by molar-refractivity contribution is 7.19. The van der Waals surface area contributed by atoms with Crippen molar-refractivity contribution < 1.29 is 4.74 Å². The van der Waals surface area contributed by atoms with Gasteiger partial charge in [-0.1, -0.05) is 25.2 Å². The maximum absolute atomic E-state index is 6.10. The lowest BCUT2D eigenvalue weighted by atomic mass is 9.97. The van der Waals surface area contributed by atoms with Gasteiger partial charge >= 0.3 is 0 Å². The van der Waals surface area contributed by atoms with Crippen molar-refractivity contribution in [2.24, 2.45) is 5.73 Å². The Balaban J connectivity index is 1.57. The molecule has 5 heterocycles. The standard InChI is InChI=1S/C22H28N8OS/c1-12(2)17-18(14-9-16(31-4)20-24-11-25-30(20)10-14)27-28-19(17)21-26-13(3)22(32-21)29-7-5-15(23)6-8-29/h9-12,15H,5-8,23H2,1-4H3,(H,27,28). The topological polar surface area (TPSA) is 110 Å². The molecule has 0 unspecified atom stereocenters. The molecule has 4 aromatic rings. The zero-order valence-corrected chi connectivity index (χ0v) is 19.6. The largest absolute Gasteiger partial charge is 0.493 e. The van der Waals surface area contributed by atoms with Crippen molar-refractivity contribution >= 4 is 22.0 Å². The van der Waals surface area contributed by atoms with E-state index in [0.717, 1.165) is 59.1 Å². The molecule has 0 aliphatic carbocycles. The maximum atomic E-state index is 6.10. The number of rotatable bonds is 5. The van der Waals surface area contributed by atoms with Crippen LogP contribution in [0.25, 0.3) is 27.6 Å². The number of methoxy groups -OCH3 is 1. The molecule has 4 aromatic heterocycles. The van der Waals surface area contributed by atoms with Gasteiger partial charge in [0.1, 0.15) is 22.0 Å². The molecule has 0 radical (unpaired) electrons. The van der Waals surface area contributed by atoms with Gasteiger partial charge in [0.25, 0.3) is 0 Å². The quantitative estimate of drug-likeness (QED) is 0.476. The monoisotopic (exact) mass is 452 g/mol. The molecule has 5 rings (SSSR count). The fourth-order valence-corrected chi connectivity index (χ4v) is 5.49. The zero-order chi connectivity index (χ0) is 22.4. The molecule has 32 heavy (non-hydrogen) atoms. The number of fused-ring (bicyclic) bond motifs is 1. The number of hydrogen-bond donors (Lipinski definition) is 2. The number of piperidine rings is 1. The average Bonchev–Trinajstić information content (AvgIpc) is 3.51. The number of thiazole rings is 1. The molecule has 1 aliphatic rings. The number of nitrogens with two attached hydrogens (primary N) is 1. The smallest absolute Gasteiger partial charge is 0.197 e.